The van der Waals surface area contributed by atoms with Crippen molar-refractivity contribution in [2.75, 3.05) is 0 Å². The molecular formula is C16H19N5O. The van der Waals surface area contributed by atoms with Gasteiger partial charge in [-0.15, -0.1) is 16.6 Å². The summed E-state index contributed by atoms with van der Waals surface area (Å²) in [5.74, 6) is 2.83. The number of rotatable bonds is 5. The summed E-state index contributed by atoms with van der Waals surface area (Å²) in [4.78, 5) is 13.3. The summed E-state index contributed by atoms with van der Waals surface area (Å²) >= 11 is 0. The number of carbonyl (C=O) groups is 1. The first-order valence-electron chi connectivity index (χ1n) is 7.09. The average Bonchev–Trinajstić information content (AvgIpc) is 2.96. The highest BCUT2D eigenvalue weighted by Crippen LogP contribution is 2.14. The van der Waals surface area contributed by atoms with Gasteiger partial charge in [-0.2, -0.15) is 4.80 Å². The van der Waals surface area contributed by atoms with Crippen LogP contribution < -0.4 is 5.32 Å². The molecule has 6 nitrogen and oxygen atoms in total. The van der Waals surface area contributed by atoms with Crippen molar-refractivity contribution in [1.82, 2.24) is 25.5 Å². The number of hydrogen-bond acceptors (Lipinski definition) is 4. The van der Waals surface area contributed by atoms with E-state index in [4.69, 9.17) is 6.42 Å². The molecule has 0 aliphatic heterocycles. The summed E-state index contributed by atoms with van der Waals surface area (Å²) in [6.07, 6.45) is 6.08. The molecule has 0 radical (unpaired) electrons. The Morgan fingerprint density at radius 2 is 2.09 bits per heavy atom. The van der Waals surface area contributed by atoms with Crippen LogP contribution in [0.1, 0.15) is 25.8 Å². The van der Waals surface area contributed by atoms with Crippen LogP contribution in [0.5, 0.6) is 0 Å². The molecule has 1 N–H and O–H groups in total. The van der Waals surface area contributed by atoms with Gasteiger partial charge in [0.2, 0.25) is 11.7 Å². The van der Waals surface area contributed by atoms with Gasteiger partial charge >= 0.3 is 0 Å². The van der Waals surface area contributed by atoms with Gasteiger partial charge in [0.1, 0.15) is 6.54 Å². The van der Waals surface area contributed by atoms with Crippen molar-refractivity contribution in [3.05, 3.63) is 29.8 Å². The van der Waals surface area contributed by atoms with Crippen LogP contribution in [0, 0.1) is 19.3 Å². The molecule has 0 aliphatic rings. The van der Waals surface area contributed by atoms with E-state index < -0.39 is 5.54 Å². The molecule has 1 amide bonds. The Labute approximate surface area is 129 Å². The number of aryl methyl sites for hydroxylation is 1. The number of hydrogen-bond donors (Lipinski definition) is 1. The maximum absolute atomic E-state index is 12.0. The van der Waals surface area contributed by atoms with Crippen LogP contribution in [0.25, 0.3) is 11.4 Å². The second-order valence-corrected chi connectivity index (χ2v) is 5.39. The topological polar surface area (TPSA) is 72.7 Å². The van der Waals surface area contributed by atoms with Crippen LogP contribution in [0.3, 0.4) is 0 Å². The quantitative estimate of drug-likeness (QED) is 0.850. The third-order valence-corrected chi connectivity index (χ3v) is 3.49. The highest BCUT2D eigenvalue weighted by Gasteiger charge is 2.21. The summed E-state index contributed by atoms with van der Waals surface area (Å²) in [6.45, 7) is 5.71. The van der Waals surface area contributed by atoms with Gasteiger partial charge in [-0.25, -0.2) is 0 Å². The Morgan fingerprint density at radius 1 is 1.41 bits per heavy atom. The van der Waals surface area contributed by atoms with Crippen LogP contribution in [-0.4, -0.2) is 31.7 Å². The molecule has 1 heterocycles. The van der Waals surface area contributed by atoms with Gasteiger partial charge in [-0.05, 0) is 25.5 Å². The maximum Gasteiger partial charge on any atom is 0.244 e. The molecule has 0 aliphatic carbocycles. The zero-order valence-electron chi connectivity index (χ0n) is 13.0. The number of benzene rings is 1. The van der Waals surface area contributed by atoms with Gasteiger partial charge in [0.25, 0.3) is 0 Å². The lowest BCUT2D eigenvalue weighted by Crippen LogP contribution is -2.45. The third kappa shape index (κ3) is 3.70. The summed E-state index contributed by atoms with van der Waals surface area (Å²) in [6, 6.07) is 7.79. The van der Waals surface area contributed by atoms with E-state index in [2.05, 4.69) is 26.6 Å². The van der Waals surface area contributed by atoms with Gasteiger partial charge in [0, 0.05) is 5.56 Å². The lowest BCUT2D eigenvalue weighted by molar-refractivity contribution is -0.123. The minimum absolute atomic E-state index is 0.0177. The number of nitrogens with one attached hydrogen (secondary N) is 1. The minimum atomic E-state index is -0.655. The largest absolute Gasteiger partial charge is 0.338 e. The van der Waals surface area contributed by atoms with Gasteiger partial charge < -0.3 is 5.32 Å². The maximum atomic E-state index is 12.0. The van der Waals surface area contributed by atoms with E-state index in [9.17, 15) is 4.79 Å². The molecule has 6 heteroatoms. The normalized spacial score (nSPS) is 13.2. The fourth-order valence-corrected chi connectivity index (χ4v) is 1.83. The molecule has 0 saturated heterocycles. The molecule has 0 unspecified atom stereocenters. The summed E-state index contributed by atoms with van der Waals surface area (Å²) < 4.78 is 0. The Balaban J connectivity index is 2.05. The Kier molecular flexibility index (Phi) is 4.56. The molecule has 1 aromatic heterocycles. The van der Waals surface area contributed by atoms with Crippen LogP contribution in [0.15, 0.2) is 24.3 Å². The van der Waals surface area contributed by atoms with Crippen LogP contribution in [-0.2, 0) is 11.3 Å². The SMILES string of the molecule is C#C[C@@](C)(CC)NC(=O)Cn1nnc(-c2ccc(C)cc2)n1. The van der Waals surface area contributed by atoms with Crippen molar-refractivity contribution >= 4 is 5.91 Å². The second kappa shape index (κ2) is 6.39. The molecule has 0 spiro atoms. The molecule has 0 fully saturated rings. The van der Waals surface area contributed by atoms with Crippen molar-refractivity contribution in [1.29, 1.82) is 0 Å². The van der Waals surface area contributed by atoms with E-state index >= 15 is 0 Å². The molecule has 114 valence electrons. The molecule has 0 saturated carbocycles. The van der Waals surface area contributed by atoms with Crippen LogP contribution in [0.4, 0.5) is 0 Å². The van der Waals surface area contributed by atoms with Crippen LogP contribution in [0.2, 0.25) is 0 Å². The van der Waals surface area contributed by atoms with E-state index in [1.165, 1.54) is 4.80 Å². The molecule has 22 heavy (non-hydrogen) atoms. The van der Waals surface area contributed by atoms with E-state index in [0.29, 0.717) is 12.2 Å². The smallest absolute Gasteiger partial charge is 0.244 e. The molecule has 2 aromatic rings. The number of tetrazole rings is 1. The highest BCUT2D eigenvalue weighted by atomic mass is 16.2. The first-order valence-corrected chi connectivity index (χ1v) is 7.09. The Hall–Kier alpha value is -2.68. The second-order valence-electron chi connectivity index (χ2n) is 5.39. The fourth-order valence-electron chi connectivity index (χ4n) is 1.83. The number of amides is 1. The van der Waals surface area contributed by atoms with Gasteiger partial charge in [-0.3, -0.25) is 4.79 Å². The summed E-state index contributed by atoms with van der Waals surface area (Å²) in [5.41, 5.74) is 1.36. The minimum Gasteiger partial charge on any atom is -0.338 e. The van der Waals surface area contributed by atoms with Gasteiger partial charge in [-0.1, -0.05) is 42.7 Å². The van der Waals surface area contributed by atoms with E-state index in [-0.39, 0.29) is 12.5 Å². The average molecular weight is 297 g/mol. The summed E-state index contributed by atoms with van der Waals surface area (Å²) in [7, 11) is 0. The standard InChI is InChI=1S/C16H19N5O/c1-5-16(4,6-2)17-14(22)11-21-19-15(18-20-21)13-9-7-12(3)8-10-13/h1,7-10H,6,11H2,2-4H3,(H,17,22)/t16-/m0/s1. The predicted molar refractivity (Wildman–Crippen MR) is 83.7 cm³/mol. The predicted octanol–water partition coefficient (Wildman–Crippen LogP) is 1.57. The number of terminal acetylenes is 1. The van der Waals surface area contributed by atoms with Crippen molar-refractivity contribution in [2.24, 2.45) is 0 Å². The van der Waals surface area contributed by atoms with E-state index in [1.807, 2.05) is 38.1 Å². The van der Waals surface area contributed by atoms with Crippen molar-refractivity contribution in [2.45, 2.75) is 39.3 Å². The lowest BCUT2D eigenvalue weighted by atomic mass is 10.0. The zero-order chi connectivity index (χ0) is 16.2. The molecular weight excluding hydrogens is 278 g/mol. The molecule has 1 aromatic carbocycles. The zero-order valence-corrected chi connectivity index (χ0v) is 13.0. The molecule has 0 bridgehead atoms. The van der Waals surface area contributed by atoms with E-state index in [1.54, 1.807) is 6.92 Å². The van der Waals surface area contributed by atoms with Crippen LogP contribution >= 0.6 is 0 Å². The van der Waals surface area contributed by atoms with Crippen molar-refractivity contribution < 1.29 is 4.79 Å². The third-order valence-electron chi connectivity index (χ3n) is 3.49. The monoisotopic (exact) mass is 297 g/mol. The molecule has 2 rings (SSSR count). The van der Waals surface area contributed by atoms with Gasteiger partial charge in [0.15, 0.2) is 0 Å². The van der Waals surface area contributed by atoms with Gasteiger partial charge in [0.05, 0.1) is 5.54 Å². The first-order chi connectivity index (χ1) is 10.5. The van der Waals surface area contributed by atoms with E-state index in [0.717, 1.165) is 11.1 Å². The highest BCUT2D eigenvalue weighted by molar-refractivity contribution is 5.77. The number of aromatic nitrogens is 4. The van der Waals surface area contributed by atoms with Crippen molar-refractivity contribution in [3.63, 3.8) is 0 Å². The number of nitrogens with zero attached hydrogens (tertiary/aromatic N) is 4. The fraction of sp³-hybridized carbons (Fsp3) is 0.375. The van der Waals surface area contributed by atoms with Crippen molar-refractivity contribution in [3.8, 4) is 23.7 Å². The Morgan fingerprint density at radius 3 is 2.68 bits per heavy atom. The summed E-state index contributed by atoms with van der Waals surface area (Å²) in [5, 5.41) is 14.9. The number of carbonyl (C=O) groups excluding carboxylic acids is 1. The Bertz CT molecular complexity index is 698. The molecule has 1 atom stereocenters. The lowest BCUT2D eigenvalue weighted by Gasteiger charge is -2.22. The first kappa shape index (κ1) is 15.7.